The van der Waals surface area contributed by atoms with Gasteiger partial charge in [-0.1, -0.05) is 95.7 Å². The number of nitrogens with zero attached hydrogens (tertiary/aromatic N) is 2. The number of aromatic nitrogens is 2. The molecule has 0 aliphatic heterocycles. The Morgan fingerprint density at radius 2 is 1.46 bits per heavy atom. The lowest BCUT2D eigenvalue weighted by atomic mass is 10.0. The van der Waals surface area contributed by atoms with Gasteiger partial charge in [0, 0.05) is 29.9 Å². The number of rotatable bonds is 14. The summed E-state index contributed by atoms with van der Waals surface area (Å²) >= 11 is 0. The fourth-order valence-electron chi connectivity index (χ4n) is 4.08. The molecule has 0 aliphatic rings. The van der Waals surface area contributed by atoms with E-state index in [1.165, 1.54) is 37.7 Å². The minimum atomic E-state index is -0.170. The van der Waals surface area contributed by atoms with Crippen LogP contribution in [0, 0.1) is 5.92 Å². The monoisotopic (exact) mass is 472 g/mol. The van der Waals surface area contributed by atoms with Crippen LogP contribution in [0.2, 0.25) is 0 Å². The standard InChI is InChI=1S/C31H40N2O2/c1-4-6-7-8-9-12-25-14-16-27(17-15-25)31-32-22-28(23-33-31)26-18-20-29(21-19-26)35-30(34)13-10-11-24(3)5-2/h14-24H,4-13H2,1-3H3. The molecule has 0 saturated heterocycles. The van der Waals surface area contributed by atoms with Crippen LogP contribution >= 0.6 is 0 Å². The fourth-order valence-corrected chi connectivity index (χ4v) is 4.08. The molecule has 0 aliphatic carbocycles. The lowest BCUT2D eigenvalue weighted by Crippen LogP contribution is -2.08. The zero-order chi connectivity index (χ0) is 24.9. The maximum atomic E-state index is 12.1. The molecule has 1 aromatic heterocycles. The maximum absolute atomic E-state index is 12.1. The molecule has 3 aromatic rings. The van der Waals surface area contributed by atoms with E-state index in [0.717, 1.165) is 48.2 Å². The van der Waals surface area contributed by atoms with Crippen molar-refractivity contribution in [3.05, 3.63) is 66.5 Å². The van der Waals surface area contributed by atoms with E-state index in [1.807, 2.05) is 36.7 Å². The molecule has 186 valence electrons. The highest BCUT2D eigenvalue weighted by Gasteiger charge is 2.08. The topological polar surface area (TPSA) is 52.1 Å². The van der Waals surface area contributed by atoms with E-state index < -0.39 is 0 Å². The van der Waals surface area contributed by atoms with Crippen LogP contribution in [-0.2, 0) is 11.2 Å². The van der Waals surface area contributed by atoms with Crippen molar-refractivity contribution in [2.75, 3.05) is 0 Å². The highest BCUT2D eigenvalue weighted by atomic mass is 16.5. The molecule has 4 nitrogen and oxygen atoms in total. The Balaban J connectivity index is 1.50. The molecule has 1 unspecified atom stereocenters. The van der Waals surface area contributed by atoms with Crippen molar-refractivity contribution in [2.24, 2.45) is 5.92 Å². The molecule has 0 fully saturated rings. The van der Waals surface area contributed by atoms with Crippen molar-refractivity contribution in [1.82, 2.24) is 9.97 Å². The zero-order valence-corrected chi connectivity index (χ0v) is 21.6. The van der Waals surface area contributed by atoms with Gasteiger partial charge in [0.1, 0.15) is 5.75 Å². The van der Waals surface area contributed by atoms with Crippen LogP contribution in [0.3, 0.4) is 0 Å². The van der Waals surface area contributed by atoms with Crippen LogP contribution in [-0.4, -0.2) is 15.9 Å². The van der Waals surface area contributed by atoms with Gasteiger partial charge in [-0.3, -0.25) is 4.79 Å². The SMILES string of the molecule is CCCCCCCc1ccc(-c2ncc(-c3ccc(OC(=O)CCCC(C)CC)cc3)cn2)cc1. The van der Waals surface area contributed by atoms with E-state index in [0.29, 0.717) is 18.1 Å². The van der Waals surface area contributed by atoms with Crippen LogP contribution in [0.5, 0.6) is 5.75 Å². The van der Waals surface area contributed by atoms with Crippen LogP contribution in [0.1, 0.15) is 84.1 Å². The highest BCUT2D eigenvalue weighted by Crippen LogP contribution is 2.24. The number of carbonyl (C=O) groups is 1. The first-order chi connectivity index (χ1) is 17.1. The number of esters is 1. The molecule has 0 radical (unpaired) electrons. The number of benzene rings is 2. The van der Waals surface area contributed by atoms with Gasteiger partial charge in [-0.25, -0.2) is 9.97 Å². The summed E-state index contributed by atoms with van der Waals surface area (Å²) in [5.74, 6) is 1.79. The summed E-state index contributed by atoms with van der Waals surface area (Å²) < 4.78 is 5.48. The Kier molecular flexibility index (Phi) is 10.9. The lowest BCUT2D eigenvalue weighted by Gasteiger charge is -2.08. The maximum Gasteiger partial charge on any atom is 0.311 e. The van der Waals surface area contributed by atoms with Crippen LogP contribution in [0.25, 0.3) is 22.5 Å². The van der Waals surface area contributed by atoms with Gasteiger partial charge in [-0.05, 0) is 48.4 Å². The smallest absolute Gasteiger partial charge is 0.311 e. The Hall–Kier alpha value is -3.01. The molecule has 0 N–H and O–H groups in total. The summed E-state index contributed by atoms with van der Waals surface area (Å²) in [6, 6.07) is 16.1. The van der Waals surface area contributed by atoms with E-state index in [9.17, 15) is 4.79 Å². The number of unbranched alkanes of at least 4 members (excludes halogenated alkanes) is 4. The minimum absolute atomic E-state index is 0.170. The van der Waals surface area contributed by atoms with Gasteiger partial charge in [0.05, 0.1) is 0 Å². The second kappa shape index (κ2) is 14.4. The first kappa shape index (κ1) is 26.6. The Morgan fingerprint density at radius 3 is 2.11 bits per heavy atom. The summed E-state index contributed by atoms with van der Waals surface area (Å²) in [5.41, 5.74) is 4.33. The predicted molar refractivity (Wildman–Crippen MR) is 144 cm³/mol. The predicted octanol–water partition coefficient (Wildman–Crippen LogP) is 8.45. The molecular weight excluding hydrogens is 432 g/mol. The second-order valence-corrected chi connectivity index (χ2v) is 9.56. The van der Waals surface area contributed by atoms with Gasteiger partial charge >= 0.3 is 5.97 Å². The third-order valence-corrected chi connectivity index (χ3v) is 6.63. The van der Waals surface area contributed by atoms with Crippen molar-refractivity contribution in [2.45, 2.75) is 85.0 Å². The number of aryl methyl sites for hydroxylation is 1. The first-order valence-corrected chi connectivity index (χ1v) is 13.3. The minimum Gasteiger partial charge on any atom is -0.427 e. The average Bonchev–Trinajstić information content (AvgIpc) is 2.89. The van der Waals surface area contributed by atoms with E-state index in [4.69, 9.17) is 4.74 Å². The van der Waals surface area contributed by atoms with Crippen molar-refractivity contribution in [3.63, 3.8) is 0 Å². The summed E-state index contributed by atoms with van der Waals surface area (Å²) in [7, 11) is 0. The van der Waals surface area contributed by atoms with E-state index >= 15 is 0 Å². The molecule has 0 spiro atoms. The van der Waals surface area contributed by atoms with Crippen molar-refractivity contribution < 1.29 is 9.53 Å². The van der Waals surface area contributed by atoms with Gasteiger partial charge in [0.25, 0.3) is 0 Å². The highest BCUT2D eigenvalue weighted by molar-refractivity contribution is 5.73. The Labute approximate surface area is 211 Å². The van der Waals surface area contributed by atoms with E-state index in [1.54, 1.807) is 0 Å². The fraction of sp³-hybridized carbons (Fsp3) is 0.452. The largest absolute Gasteiger partial charge is 0.427 e. The number of hydrogen-bond donors (Lipinski definition) is 0. The molecule has 0 amide bonds. The van der Waals surface area contributed by atoms with Crippen LogP contribution < -0.4 is 4.74 Å². The van der Waals surface area contributed by atoms with Crippen molar-refractivity contribution >= 4 is 5.97 Å². The zero-order valence-electron chi connectivity index (χ0n) is 21.6. The Bertz CT molecular complexity index is 1010. The van der Waals surface area contributed by atoms with Crippen LogP contribution in [0.4, 0.5) is 0 Å². The van der Waals surface area contributed by atoms with Crippen molar-refractivity contribution in [1.29, 1.82) is 0 Å². The van der Waals surface area contributed by atoms with E-state index in [-0.39, 0.29) is 5.97 Å². The lowest BCUT2D eigenvalue weighted by molar-refractivity contribution is -0.134. The summed E-state index contributed by atoms with van der Waals surface area (Å²) in [5, 5.41) is 0. The Morgan fingerprint density at radius 1 is 0.800 bits per heavy atom. The average molecular weight is 473 g/mol. The summed E-state index contributed by atoms with van der Waals surface area (Å²) in [6.07, 6.45) is 14.9. The molecule has 2 aromatic carbocycles. The second-order valence-electron chi connectivity index (χ2n) is 9.56. The number of carbonyl (C=O) groups excluding carboxylic acids is 1. The normalized spacial score (nSPS) is 11.9. The third-order valence-electron chi connectivity index (χ3n) is 6.63. The summed E-state index contributed by atoms with van der Waals surface area (Å²) in [4.78, 5) is 21.2. The first-order valence-electron chi connectivity index (χ1n) is 13.3. The molecule has 4 heteroatoms. The third kappa shape index (κ3) is 8.93. The van der Waals surface area contributed by atoms with Gasteiger partial charge in [-0.2, -0.15) is 0 Å². The molecule has 1 heterocycles. The summed E-state index contributed by atoms with van der Waals surface area (Å²) in [6.45, 7) is 6.64. The number of hydrogen-bond acceptors (Lipinski definition) is 4. The van der Waals surface area contributed by atoms with Gasteiger partial charge in [-0.15, -0.1) is 0 Å². The van der Waals surface area contributed by atoms with Crippen LogP contribution in [0.15, 0.2) is 60.9 Å². The quantitative estimate of drug-likeness (QED) is 0.134. The molecule has 0 bridgehead atoms. The molecule has 1 atom stereocenters. The molecule has 0 saturated carbocycles. The van der Waals surface area contributed by atoms with Gasteiger partial charge < -0.3 is 4.74 Å². The van der Waals surface area contributed by atoms with Gasteiger partial charge in [0.15, 0.2) is 5.82 Å². The molecule has 35 heavy (non-hydrogen) atoms. The molecule has 3 rings (SSSR count). The number of ether oxygens (including phenoxy) is 1. The van der Waals surface area contributed by atoms with Crippen molar-refractivity contribution in [3.8, 4) is 28.3 Å². The van der Waals surface area contributed by atoms with Gasteiger partial charge in [0.2, 0.25) is 0 Å². The van der Waals surface area contributed by atoms with E-state index in [2.05, 4.69) is 55.0 Å². The molecular formula is C31H40N2O2.